The number of carbonyl (C=O) groups is 1. The number of rotatable bonds is 3. The normalized spacial score (nSPS) is 11.8. The van der Waals surface area contributed by atoms with Crippen molar-refractivity contribution in [2.45, 2.75) is 33.2 Å². The van der Waals surface area contributed by atoms with Gasteiger partial charge >= 0.3 is 5.97 Å². The summed E-state index contributed by atoms with van der Waals surface area (Å²) in [4.78, 5) is 10.1. The highest BCUT2D eigenvalue weighted by atomic mass is 16.4. The quantitative estimate of drug-likeness (QED) is 0.702. The molecule has 0 aliphatic rings. The minimum Gasteiger partial charge on any atom is -0.480 e. The molecule has 1 aromatic heterocycles. The molecule has 0 bridgehead atoms. The number of nitrogens with one attached hydrogen (secondary N) is 1. The number of aromatic nitrogens is 2. The smallest absolute Gasteiger partial charge is 0.320 e. The second-order valence-corrected chi connectivity index (χ2v) is 3.85. The number of aromatic amines is 1. The van der Waals surface area contributed by atoms with Gasteiger partial charge in [0.2, 0.25) is 0 Å². The van der Waals surface area contributed by atoms with E-state index in [-0.39, 0.29) is 0 Å². The van der Waals surface area contributed by atoms with Crippen molar-refractivity contribution >= 4 is 5.97 Å². The Morgan fingerprint density at radius 2 is 2.27 bits per heavy atom. The van der Waals surface area contributed by atoms with Crippen LogP contribution in [0.3, 0.4) is 0 Å². The number of hydrogen-bond donors (Lipinski definition) is 3. The van der Waals surface area contributed by atoms with Crippen LogP contribution < -0.4 is 5.73 Å². The summed E-state index contributed by atoms with van der Waals surface area (Å²) in [5.74, 6) is -0.556. The van der Waals surface area contributed by atoms with E-state index in [0.717, 1.165) is 0 Å². The molecule has 5 nitrogen and oxygen atoms in total. The van der Waals surface area contributed by atoms with Crippen molar-refractivity contribution in [2.24, 2.45) is 11.7 Å². The van der Waals surface area contributed by atoms with E-state index < -0.39 is 12.0 Å². The summed E-state index contributed by atoms with van der Waals surface area (Å²) in [7, 11) is 0. The molecule has 1 heterocycles. The molecule has 0 saturated carbocycles. The van der Waals surface area contributed by atoms with E-state index in [1.807, 2.05) is 27.0 Å². The van der Waals surface area contributed by atoms with Crippen LogP contribution in [-0.2, 0) is 4.79 Å². The monoisotopic (exact) mass is 213 g/mol. The third-order valence-electron chi connectivity index (χ3n) is 1.68. The fourth-order valence-electron chi connectivity index (χ4n) is 0.924. The maximum atomic E-state index is 10.1. The number of aryl methyl sites for hydroxylation is 1. The number of H-pyrrole nitrogens is 1. The van der Waals surface area contributed by atoms with Gasteiger partial charge in [-0.25, -0.2) is 0 Å². The van der Waals surface area contributed by atoms with Crippen LogP contribution >= 0.6 is 0 Å². The lowest BCUT2D eigenvalue weighted by molar-refractivity contribution is -0.138. The molecule has 5 heteroatoms. The second kappa shape index (κ2) is 7.00. The summed E-state index contributed by atoms with van der Waals surface area (Å²) in [5, 5.41) is 14.7. The standard InChI is InChI=1S/C6H13NO2.C4H6N2/c1-4(2)3-5(7)6(8)9;1-4-2-5-6-3-4/h4-5H,3,7H2,1-2H3,(H,8,9);2-3H,1H3,(H,5,6). The molecule has 0 aromatic carbocycles. The van der Waals surface area contributed by atoms with Gasteiger partial charge in [-0.2, -0.15) is 5.10 Å². The van der Waals surface area contributed by atoms with Crippen molar-refractivity contribution in [3.8, 4) is 0 Å². The Hall–Kier alpha value is -1.36. The SMILES string of the molecule is CC(C)CC(N)C(=O)O.Cc1cn[nH]c1. The van der Waals surface area contributed by atoms with Gasteiger partial charge in [0, 0.05) is 6.20 Å². The van der Waals surface area contributed by atoms with E-state index in [9.17, 15) is 4.79 Å². The summed E-state index contributed by atoms with van der Waals surface area (Å²) >= 11 is 0. The Balaban J connectivity index is 0.000000280. The lowest BCUT2D eigenvalue weighted by Crippen LogP contribution is -2.31. The van der Waals surface area contributed by atoms with E-state index >= 15 is 0 Å². The largest absolute Gasteiger partial charge is 0.480 e. The maximum Gasteiger partial charge on any atom is 0.320 e. The molecule has 15 heavy (non-hydrogen) atoms. The zero-order chi connectivity index (χ0) is 11.8. The van der Waals surface area contributed by atoms with Crippen LogP contribution in [0.2, 0.25) is 0 Å². The lowest BCUT2D eigenvalue weighted by Gasteiger charge is -2.07. The minimum absolute atomic E-state index is 0.357. The molecule has 0 amide bonds. The zero-order valence-electron chi connectivity index (χ0n) is 9.40. The van der Waals surface area contributed by atoms with Gasteiger partial charge in [-0.05, 0) is 24.8 Å². The number of hydrogen-bond acceptors (Lipinski definition) is 3. The van der Waals surface area contributed by atoms with Crippen molar-refractivity contribution in [3.05, 3.63) is 18.0 Å². The molecule has 1 atom stereocenters. The highest BCUT2D eigenvalue weighted by molar-refractivity contribution is 5.72. The minimum atomic E-state index is -0.913. The molecule has 0 saturated heterocycles. The van der Waals surface area contributed by atoms with Crippen LogP contribution in [0.4, 0.5) is 0 Å². The van der Waals surface area contributed by atoms with Crippen molar-refractivity contribution in [2.75, 3.05) is 0 Å². The van der Waals surface area contributed by atoms with Crippen LogP contribution in [0.5, 0.6) is 0 Å². The van der Waals surface area contributed by atoms with Gasteiger partial charge in [0.1, 0.15) is 6.04 Å². The van der Waals surface area contributed by atoms with E-state index in [4.69, 9.17) is 10.8 Å². The molecule has 1 unspecified atom stereocenters. The third kappa shape index (κ3) is 7.69. The maximum absolute atomic E-state index is 10.1. The first-order valence-corrected chi connectivity index (χ1v) is 4.87. The van der Waals surface area contributed by atoms with Gasteiger partial charge in [0.25, 0.3) is 0 Å². The lowest BCUT2D eigenvalue weighted by atomic mass is 10.1. The summed E-state index contributed by atoms with van der Waals surface area (Å²) < 4.78 is 0. The molecular weight excluding hydrogens is 194 g/mol. The number of nitrogens with two attached hydrogens (primary N) is 1. The molecule has 1 aromatic rings. The highest BCUT2D eigenvalue weighted by Crippen LogP contribution is 2.01. The average Bonchev–Trinajstić information content (AvgIpc) is 2.55. The average molecular weight is 213 g/mol. The Kier molecular flexibility index (Phi) is 6.37. The number of carboxylic acids is 1. The molecule has 0 fully saturated rings. The Morgan fingerprint density at radius 3 is 2.40 bits per heavy atom. The van der Waals surface area contributed by atoms with Crippen LogP contribution in [0.25, 0.3) is 0 Å². The Labute approximate surface area is 89.7 Å². The summed E-state index contributed by atoms with van der Waals surface area (Å²) in [6.07, 6.45) is 4.18. The third-order valence-corrected chi connectivity index (χ3v) is 1.68. The van der Waals surface area contributed by atoms with Gasteiger partial charge < -0.3 is 10.8 Å². The molecular formula is C10H19N3O2. The van der Waals surface area contributed by atoms with Crippen molar-refractivity contribution < 1.29 is 9.90 Å². The summed E-state index contributed by atoms with van der Waals surface area (Å²) in [6.45, 7) is 5.88. The molecule has 0 aliphatic heterocycles. The topological polar surface area (TPSA) is 92.0 Å². The second-order valence-electron chi connectivity index (χ2n) is 3.85. The van der Waals surface area contributed by atoms with Crippen molar-refractivity contribution in [1.29, 1.82) is 0 Å². The summed E-state index contributed by atoms with van der Waals surface area (Å²) in [6, 6.07) is -0.690. The van der Waals surface area contributed by atoms with Gasteiger partial charge in [0.05, 0.1) is 6.20 Å². The predicted molar refractivity (Wildman–Crippen MR) is 58.4 cm³/mol. The molecule has 0 spiro atoms. The van der Waals surface area contributed by atoms with Crippen molar-refractivity contribution in [1.82, 2.24) is 10.2 Å². The van der Waals surface area contributed by atoms with Gasteiger partial charge in [0.15, 0.2) is 0 Å². The summed E-state index contributed by atoms with van der Waals surface area (Å²) in [5.41, 5.74) is 6.39. The van der Waals surface area contributed by atoms with Crippen LogP contribution in [-0.4, -0.2) is 27.3 Å². The van der Waals surface area contributed by atoms with Crippen LogP contribution in [0.15, 0.2) is 12.4 Å². The van der Waals surface area contributed by atoms with E-state index in [1.165, 1.54) is 5.56 Å². The predicted octanol–water partition coefficient (Wildman–Crippen LogP) is 1.16. The molecule has 86 valence electrons. The fraction of sp³-hybridized carbons (Fsp3) is 0.600. The van der Waals surface area contributed by atoms with Crippen LogP contribution in [0, 0.1) is 12.8 Å². The molecule has 4 N–H and O–H groups in total. The van der Waals surface area contributed by atoms with Gasteiger partial charge in [-0.1, -0.05) is 13.8 Å². The Morgan fingerprint density at radius 1 is 1.67 bits per heavy atom. The number of carboxylic acid groups (broad SMARTS) is 1. The first kappa shape index (κ1) is 13.6. The zero-order valence-corrected chi connectivity index (χ0v) is 9.40. The van der Waals surface area contributed by atoms with E-state index in [0.29, 0.717) is 12.3 Å². The first-order chi connectivity index (χ1) is 6.93. The number of aliphatic carboxylic acids is 1. The van der Waals surface area contributed by atoms with E-state index in [1.54, 1.807) is 6.20 Å². The Bertz CT molecular complexity index is 270. The first-order valence-electron chi connectivity index (χ1n) is 4.87. The van der Waals surface area contributed by atoms with Crippen molar-refractivity contribution in [3.63, 3.8) is 0 Å². The fourth-order valence-corrected chi connectivity index (χ4v) is 0.924. The highest BCUT2D eigenvalue weighted by Gasteiger charge is 2.11. The van der Waals surface area contributed by atoms with Crippen LogP contribution in [0.1, 0.15) is 25.8 Å². The van der Waals surface area contributed by atoms with E-state index in [2.05, 4.69) is 10.2 Å². The number of nitrogens with zero attached hydrogens (tertiary/aromatic N) is 1. The molecule has 0 aliphatic carbocycles. The van der Waals surface area contributed by atoms with Gasteiger partial charge in [-0.15, -0.1) is 0 Å². The molecule has 0 radical (unpaired) electrons. The van der Waals surface area contributed by atoms with Gasteiger partial charge in [-0.3, -0.25) is 9.89 Å². The molecule has 1 rings (SSSR count).